The summed E-state index contributed by atoms with van der Waals surface area (Å²) in [5.41, 5.74) is 3.01. The first-order chi connectivity index (χ1) is 14.6. The normalized spacial score (nSPS) is 13.9. The number of piperazine rings is 1. The van der Waals surface area contributed by atoms with E-state index in [1.165, 1.54) is 6.20 Å². The molecule has 0 spiro atoms. The predicted octanol–water partition coefficient (Wildman–Crippen LogP) is 2.81. The number of amides is 2. The molecule has 1 aromatic heterocycles. The summed E-state index contributed by atoms with van der Waals surface area (Å²) in [4.78, 5) is 29.2. The van der Waals surface area contributed by atoms with E-state index in [0.717, 1.165) is 24.3 Å². The van der Waals surface area contributed by atoms with Crippen molar-refractivity contribution < 1.29 is 9.59 Å². The van der Waals surface area contributed by atoms with Crippen LogP contribution in [0.4, 0.5) is 5.69 Å². The number of H-pyrrole nitrogens is 1. The van der Waals surface area contributed by atoms with Crippen LogP contribution < -0.4 is 10.2 Å². The van der Waals surface area contributed by atoms with Crippen molar-refractivity contribution in [2.75, 3.05) is 37.6 Å². The molecule has 2 N–H and O–H groups in total. The zero-order valence-electron chi connectivity index (χ0n) is 16.3. The van der Waals surface area contributed by atoms with Crippen LogP contribution in [0.2, 0.25) is 5.02 Å². The smallest absolute Gasteiger partial charge is 0.255 e. The Morgan fingerprint density at radius 1 is 1.00 bits per heavy atom. The number of halogens is 1. The second-order valence-electron chi connectivity index (χ2n) is 7.05. The Labute approximate surface area is 179 Å². The summed E-state index contributed by atoms with van der Waals surface area (Å²) in [6.07, 6.45) is 1.48. The standard InChI is InChI=1S/C22H22ClN5O2/c23-17-6-8-18(9-7-17)27-10-12-28(13-11-27)20(29)15-24-22(30)19-14-25-26-21(19)16-4-2-1-3-5-16/h1-9,14H,10-13,15H2,(H,24,30)(H,25,26). The van der Waals surface area contributed by atoms with Gasteiger partial charge in [-0.25, -0.2) is 0 Å². The Bertz CT molecular complexity index is 1010. The molecule has 1 aliphatic rings. The number of aromatic amines is 1. The summed E-state index contributed by atoms with van der Waals surface area (Å²) in [6, 6.07) is 17.2. The summed E-state index contributed by atoms with van der Waals surface area (Å²) in [6.45, 7) is 2.65. The van der Waals surface area contributed by atoms with Gasteiger partial charge in [-0.05, 0) is 24.3 Å². The quantitative estimate of drug-likeness (QED) is 0.661. The van der Waals surface area contributed by atoms with Gasteiger partial charge in [0.15, 0.2) is 0 Å². The van der Waals surface area contributed by atoms with Gasteiger partial charge in [0.05, 0.1) is 24.0 Å². The summed E-state index contributed by atoms with van der Waals surface area (Å²) in [5.74, 6) is -0.417. The van der Waals surface area contributed by atoms with E-state index in [9.17, 15) is 9.59 Å². The molecule has 1 aliphatic heterocycles. The molecule has 4 rings (SSSR count). The molecular weight excluding hydrogens is 402 g/mol. The molecule has 2 amide bonds. The molecule has 2 aromatic carbocycles. The van der Waals surface area contributed by atoms with Crippen molar-refractivity contribution in [2.24, 2.45) is 0 Å². The number of aromatic nitrogens is 2. The average molecular weight is 424 g/mol. The van der Waals surface area contributed by atoms with Crippen LogP contribution in [0.5, 0.6) is 0 Å². The number of hydrogen-bond acceptors (Lipinski definition) is 4. The number of anilines is 1. The second kappa shape index (κ2) is 9.00. The minimum Gasteiger partial charge on any atom is -0.368 e. The van der Waals surface area contributed by atoms with E-state index in [1.54, 1.807) is 4.90 Å². The maximum Gasteiger partial charge on any atom is 0.255 e. The summed E-state index contributed by atoms with van der Waals surface area (Å²) >= 11 is 5.95. The van der Waals surface area contributed by atoms with Crippen molar-refractivity contribution in [3.05, 3.63) is 71.4 Å². The number of benzene rings is 2. The minimum atomic E-state index is -0.323. The van der Waals surface area contributed by atoms with E-state index in [4.69, 9.17) is 11.6 Å². The van der Waals surface area contributed by atoms with Gasteiger partial charge in [-0.3, -0.25) is 14.7 Å². The van der Waals surface area contributed by atoms with Gasteiger partial charge in [-0.1, -0.05) is 41.9 Å². The lowest BCUT2D eigenvalue weighted by Crippen LogP contribution is -2.51. The van der Waals surface area contributed by atoms with E-state index in [2.05, 4.69) is 20.4 Å². The van der Waals surface area contributed by atoms with Gasteiger partial charge in [-0.2, -0.15) is 5.10 Å². The highest BCUT2D eigenvalue weighted by molar-refractivity contribution is 6.30. The first-order valence-electron chi connectivity index (χ1n) is 9.77. The zero-order valence-corrected chi connectivity index (χ0v) is 17.1. The van der Waals surface area contributed by atoms with Crippen LogP contribution in [-0.4, -0.2) is 59.6 Å². The highest BCUT2D eigenvalue weighted by Gasteiger charge is 2.22. The number of carbonyl (C=O) groups is 2. The molecule has 3 aromatic rings. The molecule has 0 aliphatic carbocycles. The van der Waals surface area contributed by atoms with Crippen LogP contribution in [0.3, 0.4) is 0 Å². The molecule has 1 saturated heterocycles. The zero-order chi connectivity index (χ0) is 20.9. The Morgan fingerprint density at radius 3 is 2.40 bits per heavy atom. The van der Waals surface area contributed by atoms with E-state index < -0.39 is 0 Å². The van der Waals surface area contributed by atoms with E-state index >= 15 is 0 Å². The van der Waals surface area contributed by atoms with Gasteiger partial charge in [0, 0.05) is 42.5 Å². The van der Waals surface area contributed by atoms with Crippen LogP contribution in [0, 0.1) is 0 Å². The number of nitrogens with one attached hydrogen (secondary N) is 2. The molecule has 7 nitrogen and oxygen atoms in total. The SMILES string of the molecule is O=C(NCC(=O)N1CCN(c2ccc(Cl)cc2)CC1)c1cn[nH]c1-c1ccccc1. The van der Waals surface area contributed by atoms with E-state index in [1.807, 2.05) is 54.6 Å². The lowest BCUT2D eigenvalue weighted by atomic mass is 10.1. The van der Waals surface area contributed by atoms with Gasteiger partial charge in [0.2, 0.25) is 5.91 Å². The molecule has 0 saturated carbocycles. The van der Waals surface area contributed by atoms with Crippen LogP contribution in [0.1, 0.15) is 10.4 Å². The molecule has 8 heteroatoms. The lowest BCUT2D eigenvalue weighted by molar-refractivity contribution is -0.130. The molecule has 0 unspecified atom stereocenters. The summed E-state index contributed by atoms with van der Waals surface area (Å²) in [5, 5.41) is 10.3. The van der Waals surface area contributed by atoms with Crippen LogP contribution >= 0.6 is 11.6 Å². The Kier molecular flexibility index (Phi) is 5.99. The molecule has 0 atom stereocenters. The maximum absolute atomic E-state index is 12.6. The predicted molar refractivity (Wildman–Crippen MR) is 117 cm³/mol. The lowest BCUT2D eigenvalue weighted by Gasteiger charge is -2.36. The second-order valence-corrected chi connectivity index (χ2v) is 7.49. The third-order valence-corrected chi connectivity index (χ3v) is 5.42. The summed E-state index contributed by atoms with van der Waals surface area (Å²) < 4.78 is 0. The number of rotatable bonds is 5. The van der Waals surface area contributed by atoms with Crippen LogP contribution in [0.25, 0.3) is 11.3 Å². The number of hydrogen-bond donors (Lipinski definition) is 2. The molecular formula is C22H22ClN5O2. The molecule has 30 heavy (non-hydrogen) atoms. The molecule has 2 heterocycles. The van der Waals surface area contributed by atoms with Gasteiger partial charge in [0.1, 0.15) is 0 Å². The van der Waals surface area contributed by atoms with Crippen molar-refractivity contribution in [1.82, 2.24) is 20.4 Å². The first kappa shape index (κ1) is 20.0. The molecule has 0 bridgehead atoms. The van der Waals surface area contributed by atoms with Crippen molar-refractivity contribution in [3.8, 4) is 11.3 Å². The number of nitrogens with zero attached hydrogens (tertiary/aromatic N) is 3. The molecule has 0 radical (unpaired) electrons. The van der Waals surface area contributed by atoms with Crippen molar-refractivity contribution in [1.29, 1.82) is 0 Å². The van der Waals surface area contributed by atoms with Gasteiger partial charge >= 0.3 is 0 Å². The monoisotopic (exact) mass is 423 g/mol. The van der Waals surface area contributed by atoms with Crippen LogP contribution in [-0.2, 0) is 4.79 Å². The van der Waals surface area contributed by atoms with Crippen molar-refractivity contribution >= 4 is 29.1 Å². The fourth-order valence-corrected chi connectivity index (χ4v) is 3.64. The highest BCUT2D eigenvalue weighted by Crippen LogP contribution is 2.21. The first-order valence-corrected chi connectivity index (χ1v) is 10.1. The largest absolute Gasteiger partial charge is 0.368 e. The fourth-order valence-electron chi connectivity index (χ4n) is 3.51. The maximum atomic E-state index is 12.6. The Balaban J connectivity index is 1.30. The topological polar surface area (TPSA) is 81.3 Å². The third kappa shape index (κ3) is 4.46. The Morgan fingerprint density at radius 2 is 1.70 bits per heavy atom. The van der Waals surface area contributed by atoms with Crippen molar-refractivity contribution in [2.45, 2.75) is 0 Å². The third-order valence-electron chi connectivity index (χ3n) is 5.17. The molecule has 154 valence electrons. The van der Waals surface area contributed by atoms with Gasteiger partial charge in [-0.15, -0.1) is 0 Å². The van der Waals surface area contributed by atoms with Gasteiger partial charge in [0.25, 0.3) is 5.91 Å². The van der Waals surface area contributed by atoms with E-state index in [-0.39, 0.29) is 18.4 Å². The molecule has 1 fully saturated rings. The van der Waals surface area contributed by atoms with Crippen molar-refractivity contribution in [3.63, 3.8) is 0 Å². The Hall–Kier alpha value is -3.32. The van der Waals surface area contributed by atoms with Crippen LogP contribution in [0.15, 0.2) is 60.8 Å². The van der Waals surface area contributed by atoms with Gasteiger partial charge < -0.3 is 15.1 Å². The highest BCUT2D eigenvalue weighted by atomic mass is 35.5. The minimum absolute atomic E-state index is 0.0425. The average Bonchev–Trinajstić information content (AvgIpc) is 3.29. The van der Waals surface area contributed by atoms with E-state index in [0.29, 0.717) is 29.4 Å². The fraction of sp³-hybridized carbons (Fsp3) is 0.227. The number of carbonyl (C=O) groups excluding carboxylic acids is 2. The summed E-state index contributed by atoms with van der Waals surface area (Å²) in [7, 11) is 0.